The molecule has 21 heavy (non-hydrogen) atoms. The lowest BCUT2D eigenvalue weighted by molar-refractivity contribution is 0.0937. The Labute approximate surface area is 127 Å². The predicted octanol–water partition coefficient (Wildman–Crippen LogP) is 2.58. The molecule has 1 atom stereocenters. The van der Waals surface area contributed by atoms with Gasteiger partial charge in [-0.25, -0.2) is 0 Å². The van der Waals surface area contributed by atoms with Gasteiger partial charge < -0.3 is 15.5 Å². The van der Waals surface area contributed by atoms with Gasteiger partial charge in [-0.1, -0.05) is 19.1 Å². The maximum Gasteiger partial charge on any atom is 0.253 e. The van der Waals surface area contributed by atoms with E-state index in [2.05, 4.69) is 29.5 Å². The molecule has 1 aliphatic heterocycles. The highest BCUT2D eigenvalue weighted by molar-refractivity contribution is 5.99. The van der Waals surface area contributed by atoms with Gasteiger partial charge in [-0.05, 0) is 50.9 Å². The van der Waals surface area contributed by atoms with Crippen LogP contribution >= 0.6 is 0 Å². The van der Waals surface area contributed by atoms with Crippen LogP contribution < -0.4 is 10.6 Å². The molecule has 0 aromatic heterocycles. The molecular formula is C17H27N3O. The molecule has 1 fully saturated rings. The maximum atomic E-state index is 12.4. The fourth-order valence-electron chi connectivity index (χ4n) is 2.87. The summed E-state index contributed by atoms with van der Waals surface area (Å²) in [7, 11) is 2.15. The number of hydrogen-bond acceptors (Lipinski definition) is 3. The van der Waals surface area contributed by atoms with Gasteiger partial charge >= 0.3 is 0 Å². The number of para-hydroxylation sites is 1. The number of carbonyl (C=O) groups excluding carboxylic acids is 1. The van der Waals surface area contributed by atoms with Crippen LogP contribution in [0.1, 0.15) is 36.5 Å². The van der Waals surface area contributed by atoms with Crippen molar-refractivity contribution in [2.45, 2.75) is 26.2 Å². The minimum atomic E-state index is 0.0300. The van der Waals surface area contributed by atoms with Crippen molar-refractivity contribution in [1.29, 1.82) is 0 Å². The Morgan fingerprint density at radius 3 is 2.95 bits per heavy atom. The number of piperidine rings is 1. The molecule has 2 rings (SSSR count). The molecule has 0 bridgehead atoms. The molecule has 2 N–H and O–H groups in total. The molecule has 0 saturated carbocycles. The van der Waals surface area contributed by atoms with Crippen LogP contribution in [0.5, 0.6) is 0 Å². The highest BCUT2D eigenvalue weighted by Crippen LogP contribution is 2.17. The molecule has 1 aliphatic rings. The van der Waals surface area contributed by atoms with Crippen LogP contribution in [0.25, 0.3) is 0 Å². The summed E-state index contributed by atoms with van der Waals surface area (Å²) in [6.07, 6.45) is 3.48. The molecule has 1 heterocycles. The number of amides is 1. The topological polar surface area (TPSA) is 44.4 Å². The van der Waals surface area contributed by atoms with Crippen molar-refractivity contribution >= 4 is 11.6 Å². The third-order valence-electron chi connectivity index (χ3n) is 4.01. The van der Waals surface area contributed by atoms with E-state index in [1.807, 2.05) is 24.3 Å². The zero-order chi connectivity index (χ0) is 15.1. The van der Waals surface area contributed by atoms with Crippen molar-refractivity contribution in [1.82, 2.24) is 10.2 Å². The van der Waals surface area contributed by atoms with Gasteiger partial charge in [0.2, 0.25) is 0 Å². The fourth-order valence-corrected chi connectivity index (χ4v) is 2.87. The first-order valence-electron chi connectivity index (χ1n) is 8.00. The molecule has 0 radical (unpaired) electrons. The second-order valence-electron chi connectivity index (χ2n) is 5.95. The number of nitrogens with one attached hydrogen (secondary N) is 2. The van der Waals surface area contributed by atoms with E-state index in [0.717, 1.165) is 37.3 Å². The van der Waals surface area contributed by atoms with Gasteiger partial charge in [-0.2, -0.15) is 0 Å². The predicted molar refractivity (Wildman–Crippen MR) is 87.8 cm³/mol. The van der Waals surface area contributed by atoms with Crippen LogP contribution in [0.2, 0.25) is 0 Å². The lowest BCUT2D eigenvalue weighted by atomic mass is 9.98. The average molecular weight is 289 g/mol. The van der Waals surface area contributed by atoms with E-state index in [1.165, 1.54) is 19.4 Å². The smallest absolute Gasteiger partial charge is 0.253 e. The lowest BCUT2D eigenvalue weighted by Gasteiger charge is -2.29. The molecule has 1 aromatic carbocycles. The summed E-state index contributed by atoms with van der Waals surface area (Å²) in [5.41, 5.74) is 1.67. The van der Waals surface area contributed by atoms with E-state index >= 15 is 0 Å². The summed E-state index contributed by atoms with van der Waals surface area (Å²) in [6.45, 7) is 6.03. The van der Waals surface area contributed by atoms with E-state index < -0.39 is 0 Å². The fraction of sp³-hybridized carbons (Fsp3) is 0.588. The standard InChI is InChI=1S/C17H27N3O/c1-3-10-18-16-9-5-4-8-15(16)17(21)19-12-14-7-6-11-20(2)13-14/h4-5,8-9,14,18H,3,6-7,10-13H2,1-2H3,(H,19,21). The van der Waals surface area contributed by atoms with Gasteiger partial charge in [-0.15, -0.1) is 0 Å². The molecule has 0 spiro atoms. The van der Waals surface area contributed by atoms with Crippen molar-refractivity contribution < 1.29 is 4.79 Å². The number of rotatable bonds is 6. The molecule has 0 aliphatic carbocycles. The first-order chi connectivity index (χ1) is 10.2. The van der Waals surface area contributed by atoms with Gasteiger partial charge in [0.05, 0.1) is 5.56 Å². The SMILES string of the molecule is CCCNc1ccccc1C(=O)NCC1CCCN(C)C1. The number of nitrogens with zero attached hydrogens (tertiary/aromatic N) is 1. The number of anilines is 1. The number of benzene rings is 1. The minimum absolute atomic E-state index is 0.0300. The molecule has 1 amide bonds. The van der Waals surface area contributed by atoms with Crippen LogP contribution in [-0.2, 0) is 0 Å². The van der Waals surface area contributed by atoms with E-state index in [4.69, 9.17) is 0 Å². The van der Waals surface area contributed by atoms with Crippen molar-refractivity contribution in [3.63, 3.8) is 0 Å². The molecular weight excluding hydrogens is 262 g/mol. The summed E-state index contributed by atoms with van der Waals surface area (Å²) in [4.78, 5) is 14.7. The van der Waals surface area contributed by atoms with E-state index in [0.29, 0.717) is 5.92 Å². The second kappa shape index (κ2) is 8.03. The molecule has 4 heteroatoms. The van der Waals surface area contributed by atoms with Crippen molar-refractivity contribution in [3.05, 3.63) is 29.8 Å². The van der Waals surface area contributed by atoms with E-state index in [1.54, 1.807) is 0 Å². The third kappa shape index (κ3) is 4.74. The summed E-state index contributed by atoms with van der Waals surface area (Å²) in [5.74, 6) is 0.603. The largest absolute Gasteiger partial charge is 0.384 e. The van der Waals surface area contributed by atoms with Crippen molar-refractivity contribution in [2.75, 3.05) is 38.5 Å². The van der Waals surface area contributed by atoms with Crippen molar-refractivity contribution in [2.24, 2.45) is 5.92 Å². The molecule has 1 saturated heterocycles. The minimum Gasteiger partial charge on any atom is -0.384 e. The number of hydrogen-bond donors (Lipinski definition) is 2. The van der Waals surface area contributed by atoms with Gasteiger partial charge in [0.15, 0.2) is 0 Å². The van der Waals surface area contributed by atoms with Crippen LogP contribution in [0.3, 0.4) is 0 Å². The molecule has 4 nitrogen and oxygen atoms in total. The molecule has 1 aromatic rings. The third-order valence-corrected chi connectivity index (χ3v) is 4.01. The summed E-state index contributed by atoms with van der Waals surface area (Å²) >= 11 is 0. The average Bonchev–Trinajstić information content (AvgIpc) is 2.51. The van der Waals surface area contributed by atoms with Gasteiger partial charge in [0, 0.05) is 25.3 Å². The Hall–Kier alpha value is -1.55. The second-order valence-corrected chi connectivity index (χ2v) is 5.95. The van der Waals surface area contributed by atoms with Crippen molar-refractivity contribution in [3.8, 4) is 0 Å². The Bertz CT molecular complexity index is 461. The van der Waals surface area contributed by atoms with Crippen LogP contribution in [-0.4, -0.2) is 44.0 Å². The maximum absolute atomic E-state index is 12.4. The summed E-state index contributed by atoms with van der Waals surface area (Å²) in [6, 6.07) is 7.74. The Balaban J connectivity index is 1.90. The monoisotopic (exact) mass is 289 g/mol. The van der Waals surface area contributed by atoms with Gasteiger partial charge in [0.1, 0.15) is 0 Å². The highest BCUT2D eigenvalue weighted by atomic mass is 16.1. The molecule has 116 valence electrons. The number of likely N-dealkylation sites (tertiary alicyclic amines) is 1. The molecule has 1 unspecified atom stereocenters. The van der Waals surface area contributed by atoms with Gasteiger partial charge in [-0.3, -0.25) is 4.79 Å². The Kier molecular flexibility index (Phi) is 6.05. The Morgan fingerprint density at radius 1 is 1.38 bits per heavy atom. The van der Waals surface area contributed by atoms with Crippen LogP contribution in [0.15, 0.2) is 24.3 Å². The lowest BCUT2D eigenvalue weighted by Crippen LogP contribution is -2.39. The Morgan fingerprint density at radius 2 is 2.19 bits per heavy atom. The normalized spacial score (nSPS) is 19.2. The quantitative estimate of drug-likeness (QED) is 0.846. The van der Waals surface area contributed by atoms with Crippen LogP contribution in [0, 0.1) is 5.92 Å². The van der Waals surface area contributed by atoms with Crippen LogP contribution in [0.4, 0.5) is 5.69 Å². The number of carbonyl (C=O) groups is 1. The van der Waals surface area contributed by atoms with Gasteiger partial charge in [0.25, 0.3) is 5.91 Å². The first kappa shape index (κ1) is 15.8. The summed E-state index contributed by atoms with van der Waals surface area (Å²) < 4.78 is 0. The first-order valence-corrected chi connectivity index (χ1v) is 8.00. The summed E-state index contributed by atoms with van der Waals surface area (Å²) in [5, 5.41) is 6.42. The van der Waals surface area contributed by atoms with E-state index in [9.17, 15) is 4.79 Å². The zero-order valence-corrected chi connectivity index (χ0v) is 13.2. The highest BCUT2D eigenvalue weighted by Gasteiger charge is 2.18. The van der Waals surface area contributed by atoms with E-state index in [-0.39, 0.29) is 5.91 Å². The zero-order valence-electron chi connectivity index (χ0n) is 13.2.